The van der Waals surface area contributed by atoms with Crippen LogP contribution in [0.3, 0.4) is 0 Å². The Bertz CT molecular complexity index is 823. The molecule has 1 aliphatic carbocycles. The largest absolute Gasteiger partial charge is 0.390 e. The summed E-state index contributed by atoms with van der Waals surface area (Å²) >= 11 is 0. The maximum absolute atomic E-state index is 12.7. The summed E-state index contributed by atoms with van der Waals surface area (Å²) in [5.41, 5.74) is 3.65. The molecule has 4 rings (SSSR count). The van der Waals surface area contributed by atoms with Crippen LogP contribution in [0.25, 0.3) is 11.1 Å². The molecule has 2 aromatic heterocycles. The molecule has 0 radical (unpaired) electrons. The molecule has 7 nitrogen and oxygen atoms in total. The van der Waals surface area contributed by atoms with Gasteiger partial charge in [0.1, 0.15) is 6.10 Å². The molecule has 7 heteroatoms. The van der Waals surface area contributed by atoms with Crippen LogP contribution in [0.2, 0.25) is 0 Å². The topological polar surface area (TPSA) is 89.6 Å². The average molecular weight is 328 g/mol. The maximum Gasteiger partial charge on any atom is 0.259 e. The molecule has 0 bridgehead atoms. The standard InChI is InChI=1S/C17H20N4O3/c1-3-11-6-12(23-21-11)8-18-16(22)13-7-14(10-4-5-10)19-17-15(13)9(2)20-24-17/h7,10,12H,3-6,8H2,1-2H3,(H,18,22)/t12-/m1/s1. The highest BCUT2D eigenvalue weighted by molar-refractivity contribution is 6.06. The molecule has 1 amide bonds. The average Bonchev–Trinajstić information content (AvgIpc) is 3.24. The molecule has 126 valence electrons. The van der Waals surface area contributed by atoms with E-state index in [1.54, 1.807) is 0 Å². The lowest BCUT2D eigenvalue weighted by atomic mass is 10.1. The van der Waals surface area contributed by atoms with Gasteiger partial charge in [0.2, 0.25) is 0 Å². The van der Waals surface area contributed by atoms with E-state index in [0.717, 1.165) is 37.1 Å². The van der Waals surface area contributed by atoms with Gasteiger partial charge in [-0.3, -0.25) is 4.79 Å². The minimum atomic E-state index is -0.149. The summed E-state index contributed by atoms with van der Waals surface area (Å²) in [6.07, 6.45) is 3.77. The quantitative estimate of drug-likeness (QED) is 0.911. The second-order valence-corrected chi connectivity index (χ2v) is 6.47. The second-order valence-electron chi connectivity index (χ2n) is 6.47. The molecule has 1 saturated carbocycles. The van der Waals surface area contributed by atoms with Gasteiger partial charge in [0.25, 0.3) is 11.6 Å². The number of nitrogens with one attached hydrogen (secondary N) is 1. The first-order valence-electron chi connectivity index (χ1n) is 8.42. The Kier molecular flexibility index (Phi) is 3.70. The highest BCUT2D eigenvalue weighted by Crippen LogP contribution is 2.40. The fourth-order valence-corrected chi connectivity index (χ4v) is 2.99. The van der Waals surface area contributed by atoms with Crippen molar-refractivity contribution >= 4 is 22.7 Å². The van der Waals surface area contributed by atoms with Gasteiger partial charge in [-0.1, -0.05) is 17.2 Å². The summed E-state index contributed by atoms with van der Waals surface area (Å²) in [6, 6.07) is 1.88. The summed E-state index contributed by atoms with van der Waals surface area (Å²) in [6.45, 7) is 4.30. The molecule has 1 atom stereocenters. The predicted octanol–water partition coefficient (Wildman–Crippen LogP) is 2.69. The Morgan fingerprint density at radius 3 is 2.96 bits per heavy atom. The zero-order valence-corrected chi connectivity index (χ0v) is 13.8. The fraction of sp³-hybridized carbons (Fsp3) is 0.529. The Balaban J connectivity index is 1.54. The van der Waals surface area contributed by atoms with Crippen LogP contribution in [0.15, 0.2) is 15.7 Å². The summed E-state index contributed by atoms with van der Waals surface area (Å²) in [7, 11) is 0. The van der Waals surface area contributed by atoms with Crippen LogP contribution in [-0.4, -0.2) is 34.4 Å². The molecular formula is C17H20N4O3. The summed E-state index contributed by atoms with van der Waals surface area (Å²) in [4.78, 5) is 22.6. The minimum absolute atomic E-state index is 0.0901. The number of hydrogen-bond donors (Lipinski definition) is 1. The van der Waals surface area contributed by atoms with Crippen molar-refractivity contribution in [2.45, 2.75) is 51.6 Å². The van der Waals surface area contributed by atoms with Crippen molar-refractivity contribution in [3.63, 3.8) is 0 Å². The van der Waals surface area contributed by atoms with Gasteiger partial charge in [-0.25, -0.2) is 4.98 Å². The van der Waals surface area contributed by atoms with Gasteiger partial charge in [-0.2, -0.15) is 0 Å². The summed E-state index contributed by atoms with van der Waals surface area (Å²) in [5, 5.41) is 11.6. The van der Waals surface area contributed by atoms with E-state index in [1.165, 1.54) is 0 Å². The smallest absolute Gasteiger partial charge is 0.259 e. The molecule has 0 unspecified atom stereocenters. The van der Waals surface area contributed by atoms with Gasteiger partial charge < -0.3 is 14.7 Å². The monoisotopic (exact) mass is 328 g/mol. The van der Waals surface area contributed by atoms with E-state index in [1.807, 2.05) is 19.9 Å². The van der Waals surface area contributed by atoms with Crippen molar-refractivity contribution in [1.82, 2.24) is 15.5 Å². The lowest BCUT2D eigenvalue weighted by molar-refractivity contribution is 0.0754. The van der Waals surface area contributed by atoms with E-state index in [9.17, 15) is 4.79 Å². The van der Waals surface area contributed by atoms with Crippen LogP contribution in [-0.2, 0) is 4.84 Å². The van der Waals surface area contributed by atoms with Crippen molar-refractivity contribution in [2.75, 3.05) is 6.54 Å². The molecule has 24 heavy (non-hydrogen) atoms. The number of pyridine rings is 1. The summed E-state index contributed by atoms with van der Waals surface area (Å²) < 4.78 is 5.28. The van der Waals surface area contributed by atoms with Crippen LogP contribution >= 0.6 is 0 Å². The molecule has 1 aliphatic heterocycles. The van der Waals surface area contributed by atoms with Crippen molar-refractivity contribution in [3.8, 4) is 0 Å². The van der Waals surface area contributed by atoms with Gasteiger partial charge in [-0.05, 0) is 32.3 Å². The molecule has 0 aromatic carbocycles. The number of carbonyl (C=O) groups is 1. The molecule has 1 fully saturated rings. The first kappa shape index (κ1) is 15.1. The van der Waals surface area contributed by atoms with Gasteiger partial charge in [0.15, 0.2) is 0 Å². The van der Waals surface area contributed by atoms with Crippen LogP contribution in [0, 0.1) is 6.92 Å². The summed E-state index contributed by atoms with van der Waals surface area (Å²) in [5.74, 6) is 0.286. The number of aromatic nitrogens is 2. The number of fused-ring (bicyclic) bond motifs is 1. The van der Waals surface area contributed by atoms with E-state index in [2.05, 4.69) is 20.6 Å². The number of amides is 1. The normalized spacial score (nSPS) is 20.1. The highest BCUT2D eigenvalue weighted by atomic mass is 16.6. The van der Waals surface area contributed by atoms with Crippen molar-refractivity contribution in [1.29, 1.82) is 0 Å². The molecule has 0 spiro atoms. The molecule has 0 saturated heterocycles. The highest BCUT2D eigenvalue weighted by Gasteiger charge is 2.29. The molecule has 1 N–H and O–H groups in total. The van der Waals surface area contributed by atoms with Gasteiger partial charge >= 0.3 is 0 Å². The SMILES string of the molecule is CCC1=NO[C@@H](CNC(=O)c2cc(C3CC3)nc3onc(C)c23)C1. The third kappa shape index (κ3) is 2.74. The number of oxime groups is 1. The zero-order valence-electron chi connectivity index (χ0n) is 13.8. The molecular weight excluding hydrogens is 308 g/mol. The van der Waals surface area contributed by atoms with Crippen molar-refractivity contribution in [2.24, 2.45) is 5.16 Å². The van der Waals surface area contributed by atoms with Crippen LogP contribution in [0.4, 0.5) is 0 Å². The Morgan fingerprint density at radius 1 is 1.42 bits per heavy atom. The Hall–Kier alpha value is -2.44. The van der Waals surface area contributed by atoms with E-state index in [-0.39, 0.29) is 12.0 Å². The molecule has 3 heterocycles. The number of nitrogens with zero attached hydrogens (tertiary/aromatic N) is 3. The molecule has 2 aromatic rings. The lowest BCUT2D eigenvalue weighted by Gasteiger charge is -2.11. The van der Waals surface area contributed by atoms with E-state index in [4.69, 9.17) is 9.36 Å². The predicted molar refractivity (Wildman–Crippen MR) is 88.1 cm³/mol. The zero-order chi connectivity index (χ0) is 16.7. The van der Waals surface area contributed by atoms with Crippen LogP contribution in [0.5, 0.6) is 0 Å². The first-order chi connectivity index (χ1) is 11.7. The van der Waals surface area contributed by atoms with E-state index in [0.29, 0.717) is 34.8 Å². The third-order valence-corrected chi connectivity index (χ3v) is 4.57. The fourth-order valence-electron chi connectivity index (χ4n) is 2.99. The number of rotatable bonds is 5. The van der Waals surface area contributed by atoms with E-state index >= 15 is 0 Å². The third-order valence-electron chi connectivity index (χ3n) is 4.57. The van der Waals surface area contributed by atoms with Crippen molar-refractivity contribution < 1.29 is 14.2 Å². The van der Waals surface area contributed by atoms with Gasteiger partial charge in [0, 0.05) is 18.0 Å². The lowest BCUT2D eigenvalue weighted by Crippen LogP contribution is -2.32. The number of carbonyl (C=O) groups excluding carboxylic acids is 1. The second kappa shape index (κ2) is 5.89. The number of hydrogen-bond acceptors (Lipinski definition) is 6. The van der Waals surface area contributed by atoms with Crippen LogP contribution in [0.1, 0.15) is 60.3 Å². The van der Waals surface area contributed by atoms with Crippen molar-refractivity contribution in [3.05, 3.63) is 23.0 Å². The first-order valence-corrected chi connectivity index (χ1v) is 8.42. The maximum atomic E-state index is 12.7. The van der Waals surface area contributed by atoms with E-state index < -0.39 is 0 Å². The Labute approximate surface area is 139 Å². The van der Waals surface area contributed by atoms with Gasteiger partial charge in [0.05, 0.1) is 28.9 Å². The minimum Gasteiger partial charge on any atom is -0.390 e. The Morgan fingerprint density at radius 2 is 2.25 bits per heavy atom. The molecule has 2 aliphatic rings. The van der Waals surface area contributed by atoms with Gasteiger partial charge in [-0.15, -0.1) is 0 Å². The number of aryl methyl sites for hydroxylation is 1. The van der Waals surface area contributed by atoms with Crippen LogP contribution < -0.4 is 5.32 Å².